The van der Waals surface area contributed by atoms with Crippen LogP contribution in [0.25, 0.3) is 0 Å². The van der Waals surface area contributed by atoms with Crippen molar-refractivity contribution in [2.24, 2.45) is 46.3 Å². The Balaban J connectivity index is 1.43. The van der Waals surface area contributed by atoms with Crippen LogP contribution in [0.5, 0.6) is 0 Å². The van der Waals surface area contributed by atoms with Crippen molar-refractivity contribution < 1.29 is 9.90 Å². The monoisotopic (exact) mass is 316 g/mol. The lowest BCUT2D eigenvalue weighted by Gasteiger charge is -2.57. The topological polar surface area (TPSA) is 37.3 Å². The first-order chi connectivity index (χ1) is 11.0. The molecule has 5 aliphatic rings. The minimum absolute atomic E-state index is 0.0261. The number of aliphatic hydroxyl groups is 1. The van der Waals surface area contributed by atoms with Crippen molar-refractivity contribution in [3.05, 3.63) is 0 Å². The lowest BCUT2D eigenvalue weighted by atomic mass is 9.48. The van der Waals surface area contributed by atoms with Crippen LogP contribution in [0.4, 0.5) is 0 Å². The van der Waals surface area contributed by atoms with Gasteiger partial charge >= 0.3 is 0 Å². The molecule has 5 saturated carbocycles. The number of fused-ring (bicyclic) bond motifs is 7. The molecule has 0 aromatic heterocycles. The third kappa shape index (κ3) is 1.72. The zero-order chi connectivity index (χ0) is 16.0. The summed E-state index contributed by atoms with van der Waals surface area (Å²) in [5.41, 5.74) is 0.397. The number of hydrogen-bond donors (Lipinski definition) is 1. The van der Waals surface area contributed by atoms with Crippen LogP contribution in [0, 0.1) is 46.3 Å². The molecule has 5 rings (SSSR count). The molecule has 0 saturated heterocycles. The van der Waals surface area contributed by atoms with E-state index < -0.39 is 0 Å². The highest BCUT2D eigenvalue weighted by Gasteiger charge is 2.76. The first-order valence-electron chi connectivity index (χ1n) is 10.2. The second-order valence-electron chi connectivity index (χ2n) is 10.0. The van der Waals surface area contributed by atoms with E-state index in [1.807, 2.05) is 6.92 Å². The van der Waals surface area contributed by atoms with Crippen LogP contribution in [0.2, 0.25) is 0 Å². The van der Waals surface area contributed by atoms with Gasteiger partial charge in [-0.3, -0.25) is 4.79 Å². The van der Waals surface area contributed by atoms with Crippen molar-refractivity contribution in [1.82, 2.24) is 0 Å². The van der Waals surface area contributed by atoms with Gasteiger partial charge in [-0.1, -0.05) is 6.92 Å². The quantitative estimate of drug-likeness (QED) is 0.787. The summed E-state index contributed by atoms with van der Waals surface area (Å²) in [7, 11) is 0. The normalized spacial score (nSPS) is 60.2. The average molecular weight is 316 g/mol. The molecule has 0 amide bonds. The van der Waals surface area contributed by atoms with Gasteiger partial charge in [-0.2, -0.15) is 0 Å². The molecule has 128 valence electrons. The molecule has 0 aromatic rings. The lowest BCUT2D eigenvalue weighted by molar-refractivity contribution is -0.134. The number of aliphatic hydroxyl groups excluding tert-OH is 1. The maximum atomic E-state index is 12.5. The van der Waals surface area contributed by atoms with E-state index in [2.05, 4.69) is 6.92 Å². The summed E-state index contributed by atoms with van der Waals surface area (Å²) in [5.74, 6) is 5.50. The third-order valence-corrected chi connectivity index (χ3v) is 9.61. The summed E-state index contributed by atoms with van der Waals surface area (Å²) in [6, 6.07) is 0. The molecule has 2 nitrogen and oxygen atoms in total. The first-order valence-corrected chi connectivity index (χ1v) is 10.2. The predicted molar refractivity (Wildman–Crippen MR) is 89.7 cm³/mol. The van der Waals surface area contributed by atoms with E-state index in [-0.39, 0.29) is 11.5 Å². The van der Waals surface area contributed by atoms with E-state index in [0.717, 1.165) is 48.3 Å². The van der Waals surface area contributed by atoms with E-state index in [9.17, 15) is 9.90 Å². The highest BCUT2D eigenvalue weighted by Crippen LogP contribution is 2.79. The molecule has 1 N–H and O–H groups in total. The van der Waals surface area contributed by atoms with Gasteiger partial charge in [0.05, 0.1) is 6.10 Å². The maximum Gasteiger partial charge on any atom is 0.136 e. The van der Waals surface area contributed by atoms with Crippen LogP contribution in [-0.4, -0.2) is 17.0 Å². The fourth-order valence-corrected chi connectivity index (χ4v) is 8.59. The Morgan fingerprint density at radius 1 is 1.00 bits per heavy atom. The molecule has 0 bridgehead atoms. The van der Waals surface area contributed by atoms with E-state index in [0.29, 0.717) is 11.2 Å². The van der Waals surface area contributed by atoms with Crippen molar-refractivity contribution >= 4 is 5.78 Å². The molecule has 23 heavy (non-hydrogen) atoms. The smallest absolute Gasteiger partial charge is 0.136 e. The minimum atomic E-state index is -0.0261. The second kappa shape index (κ2) is 4.62. The van der Waals surface area contributed by atoms with Crippen molar-refractivity contribution in [3.8, 4) is 0 Å². The zero-order valence-electron chi connectivity index (χ0n) is 14.8. The van der Waals surface area contributed by atoms with E-state index >= 15 is 0 Å². The summed E-state index contributed by atoms with van der Waals surface area (Å²) < 4.78 is 0. The van der Waals surface area contributed by atoms with Gasteiger partial charge in [-0.05, 0) is 106 Å². The van der Waals surface area contributed by atoms with Gasteiger partial charge in [-0.15, -0.1) is 0 Å². The van der Waals surface area contributed by atoms with Gasteiger partial charge in [0.25, 0.3) is 0 Å². The SMILES string of the molecule is CC(=O)[C@@]12CC1C[C@H]1[C@@H]3CC[C@@H]4C[C@H](O)CC[C@@H]4[C@H]3CC[C@@]12C. The van der Waals surface area contributed by atoms with Gasteiger partial charge in [0.15, 0.2) is 0 Å². The molecule has 0 radical (unpaired) electrons. The molecule has 1 unspecified atom stereocenters. The van der Waals surface area contributed by atoms with Crippen molar-refractivity contribution in [2.45, 2.75) is 77.7 Å². The van der Waals surface area contributed by atoms with Crippen LogP contribution >= 0.6 is 0 Å². The molecule has 0 heterocycles. The van der Waals surface area contributed by atoms with Crippen LogP contribution in [0.1, 0.15) is 71.6 Å². The molecule has 2 heteroatoms. The third-order valence-electron chi connectivity index (χ3n) is 9.61. The highest BCUT2D eigenvalue weighted by molar-refractivity contribution is 5.87. The number of ketones is 1. The highest BCUT2D eigenvalue weighted by atomic mass is 16.3. The van der Waals surface area contributed by atoms with E-state index in [1.165, 1.54) is 44.9 Å². The molecule has 0 aliphatic heterocycles. The number of carbonyl (C=O) groups excluding carboxylic acids is 1. The predicted octanol–water partition coefficient (Wildman–Crippen LogP) is 4.21. The summed E-state index contributed by atoms with van der Waals surface area (Å²) in [4.78, 5) is 12.5. The van der Waals surface area contributed by atoms with Gasteiger partial charge in [0.1, 0.15) is 5.78 Å². The van der Waals surface area contributed by atoms with E-state index in [1.54, 1.807) is 0 Å². The standard InChI is InChI=1S/C21H32O2/c1-12(22)21-11-14(21)10-19-18-5-3-13-9-15(23)4-6-16(13)17(18)7-8-20(19,21)2/h13-19,23H,3-11H2,1-2H3/t13-,14?,15-,16+,17-,18-,19+,20+,21+/m1/s1. The van der Waals surface area contributed by atoms with Crippen LogP contribution in [0.15, 0.2) is 0 Å². The van der Waals surface area contributed by atoms with Crippen LogP contribution in [-0.2, 0) is 4.79 Å². The van der Waals surface area contributed by atoms with Crippen molar-refractivity contribution in [1.29, 1.82) is 0 Å². The van der Waals surface area contributed by atoms with Crippen molar-refractivity contribution in [3.63, 3.8) is 0 Å². The van der Waals surface area contributed by atoms with Gasteiger partial charge < -0.3 is 5.11 Å². The Hall–Kier alpha value is -0.370. The summed E-state index contributed by atoms with van der Waals surface area (Å²) in [6.45, 7) is 4.36. The number of rotatable bonds is 1. The molecule has 5 aliphatic carbocycles. The largest absolute Gasteiger partial charge is 0.393 e. The Morgan fingerprint density at radius 3 is 2.57 bits per heavy atom. The molecule has 5 fully saturated rings. The Labute approximate surface area is 140 Å². The molecular formula is C21H32O2. The molecule has 0 spiro atoms. The fraction of sp³-hybridized carbons (Fsp3) is 0.952. The van der Waals surface area contributed by atoms with Gasteiger partial charge in [-0.25, -0.2) is 0 Å². The molecular weight excluding hydrogens is 284 g/mol. The minimum Gasteiger partial charge on any atom is -0.393 e. The summed E-state index contributed by atoms with van der Waals surface area (Å²) in [6.07, 6.45) is 11.2. The van der Waals surface area contributed by atoms with E-state index in [4.69, 9.17) is 0 Å². The number of Topliss-reactive ketones (excluding diaryl/α,β-unsaturated/α-hetero) is 1. The van der Waals surface area contributed by atoms with Crippen LogP contribution in [0.3, 0.4) is 0 Å². The molecule has 0 aromatic carbocycles. The fourth-order valence-electron chi connectivity index (χ4n) is 8.59. The number of carbonyl (C=O) groups is 1. The Kier molecular flexibility index (Phi) is 3.00. The summed E-state index contributed by atoms with van der Waals surface area (Å²) in [5, 5.41) is 10.0. The average Bonchev–Trinajstić information content (AvgIpc) is 3.20. The Morgan fingerprint density at radius 2 is 1.78 bits per heavy atom. The zero-order valence-corrected chi connectivity index (χ0v) is 14.8. The number of hydrogen-bond acceptors (Lipinski definition) is 2. The summed E-state index contributed by atoms with van der Waals surface area (Å²) >= 11 is 0. The Bertz CT molecular complexity index is 542. The first kappa shape index (κ1) is 14.9. The van der Waals surface area contributed by atoms with Gasteiger partial charge in [0.2, 0.25) is 0 Å². The lowest BCUT2D eigenvalue weighted by Crippen LogP contribution is -2.51. The van der Waals surface area contributed by atoms with Gasteiger partial charge in [0, 0.05) is 5.41 Å². The van der Waals surface area contributed by atoms with Crippen LogP contribution < -0.4 is 0 Å². The van der Waals surface area contributed by atoms with Crippen molar-refractivity contribution in [2.75, 3.05) is 0 Å². The second-order valence-corrected chi connectivity index (χ2v) is 10.0. The maximum absolute atomic E-state index is 12.5. The molecule has 9 atom stereocenters.